The van der Waals surface area contributed by atoms with Crippen molar-refractivity contribution in [2.45, 2.75) is 6.92 Å². The molecule has 1 aromatic rings. The van der Waals surface area contributed by atoms with Crippen LogP contribution in [0.3, 0.4) is 0 Å². The number of imidazole rings is 1. The number of nitrogens with one attached hydrogen (secondary N) is 1. The predicted octanol–water partition coefficient (Wildman–Crippen LogP) is 1.79. The van der Waals surface area contributed by atoms with Gasteiger partial charge in [0.1, 0.15) is 5.15 Å². The Morgan fingerprint density at radius 3 is 2.50 bits per heavy atom. The van der Waals surface area contributed by atoms with Crippen LogP contribution in [-0.2, 0) is 0 Å². The summed E-state index contributed by atoms with van der Waals surface area (Å²) < 4.78 is 0. The lowest BCUT2D eigenvalue weighted by atomic mass is 10.6. The zero-order chi connectivity index (χ0) is 5.28. The Hall–Kier alpha value is -0.210. The summed E-state index contributed by atoms with van der Waals surface area (Å²) in [6, 6.07) is 0. The van der Waals surface area contributed by atoms with Crippen LogP contribution in [0.2, 0.25) is 5.15 Å². The van der Waals surface area contributed by atoms with Crippen LogP contribution >= 0.6 is 24.0 Å². The van der Waals surface area contributed by atoms with Gasteiger partial charge in [0.15, 0.2) is 0 Å². The highest BCUT2D eigenvalue weighted by molar-refractivity contribution is 6.29. The van der Waals surface area contributed by atoms with Gasteiger partial charge in [-0.05, 0) is 6.92 Å². The van der Waals surface area contributed by atoms with Crippen molar-refractivity contribution in [3.63, 3.8) is 0 Å². The molecule has 8 heavy (non-hydrogen) atoms. The second kappa shape index (κ2) is 2.95. The average Bonchev–Trinajstić information content (AvgIpc) is 1.91. The summed E-state index contributed by atoms with van der Waals surface area (Å²) in [5, 5.41) is 0.556. The van der Waals surface area contributed by atoms with Crippen LogP contribution in [0.1, 0.15) is 5.69 Å². The highest BCUT2D eigenvalue weighted by Gasteiger charge is 1.90. The second-order valence-corrected chi connectivity index (χ2v) is 1.68. The zero-order valence-corrected chi connectivity index (χ0v) is 5.88. The van der Waals surface area contributed by atoms with Gasteiger partial charge in [-0.2, -0.15) is 0 Å². The van der Waals surface area contributed by atoms with Gasteiger partial charge >= 0.3 is 0 Å². The first-order valence-corrected chi connectivity index (χ1v) is 2.34. The molecule has 0 amide bonds. The van der Waals surface area contributed by atoms with Crippen molar-refractivity contribution >= 4 is 24.0 Å². The van der Waals surface area contributed by atoms with Crippen molar-refractivity contribution in [1.29, 1.82) is 0 Å². The molecule has 0 saturated carbocycles. The maximum Gasteiger partial charge on any atom is 0.149 e. The molecule has 0 bridgehead atoms. The van der Waals surface area contributed by atoms with Gasteiger partial charge in [-0.1, -0.05) is 11.6 Å². The molecule has 1 rings (SSSR count). The van der Waals surface area contributed by atoms with Crippen LogP contribution < -0.4 is 0 Å². The Bertz CT molecular complexity index is 144. The minimum absolute atomic E-state index is 0. The Labute approximate surface area is 58.7 Å². The van der Waals surface area contributed by atoms with E-state index >= 15 is 0 Å². The van der Waals surface area contributed by atoms with Gasteiger partial charge in [0.05, 0.1) is 12.0 Å². The lowest BCUT2D eigenvalue weighted by Gasteiger charge is -1.76. The highest BCUT2D eigenvalue weighted by Crippen LogP contribution is 2.05. The van der Waals surface area contributed by atoms with Crippen LogP contribution in [0, 0.1) is 6.92 Å². The molecule has 0 fully saturated rings. The number of rotatable bonds is 0. The minimum Gasteiger partial charge on any atom is -0.347 e. The highest BCUT2D eigenvalue weighted by atomic mass is 35.5. The van der Waals surface area contributed by atoms with Crippen LogP contribution in [0.25, 0.3) is 0 Å². The maximum atomic E-state index is 5.48. The van der Waals surface area contributed by atoms with E-state index in [0.29, 0.717) is 5.15 Å². The first-order chi connectivity index (χ1) is 3.30. The summed E-state index contributed by atoms with van der Waals surface area (Å²) in [6.45, 7) is 1.87. The van der Waals surface area contributed by atoms with Gasteiger partial charge in [0, 0.05) is 0 Å². The molecule has 1 N–H and O–H groups in total. The van der Waals surface area contributed by atoms with E-state index in [0.717, 1.165) is 5.69 Å². The number of aryl methyl sites for hydroxylation is 1. The first-order valence-electron chi connectivity index (χ1n) is 1.96. The standard InChI is InChI=1S/C4H5ClN2.ClH/c1-3-4(5)7-2-6-3;/h2H,1H3,(H,6,7);1H. The lowest BCUT2D eigenvalue weighted by molar-refractivity contribution is 1.25. The molecule has 1 heterocycles. The summed E-state index contributed by atoms with van der Waals surface area (Å²) in [6.07, 6.45) is 1.57. The van der Waals surface area contributed by atoms with Crippen LogP contribution in [0.5, 0.6) is 0 Å². The van der Waals surface area contributed by atoms with E-state index in [4.69, 9.17) is 11.6 Å². The fraction of sp³-hybridized carbons (Fsp3) is 0.250. The smallest absolute Gasteiger partial charge is 0.149 e. The predicted molar refractivity (Wildman–Crippen MR) is 35.6 cm³/mol. The van der Waals surface area contributed by atoms with Gasteiger partial charge < -0.3 is 4.98 Å². The molecule has 0 atom stereocenters. The maximum absolute atomic E-state index is 5.48. The van der Waals surface area contributed by atoms with E-state index in [1.807, 2.05) is 6.92 Å². The Kier molecular flexibility index (Phi) is 2.87. The molecule has 0 aliphatic carbocycles. The van der Waals surface area contributed by atoms with Gasteiger partial charge in [0.25, 0.3) is 0 Å². The molecule has 0 unspecified atom stereocenters. The SMILES string of the molecule is Cc1[nH]cnc1Cl.Cl. The molecule has 0 aliphatic heterocycles. The zero-order valence-electron chi connectivity index (χ0n) is 4.31. The number of aromatic nitrogens is 2. The quantitative estimate of drug-likeness (QED) is 0.604. The van der Waals surface area contributed by atoms with E-state index in [1.54, 1.807) is 6.33 Å². The summed E-state index contributed by atoms with van der Waals surface area (Å²) in [4.78, 5) is 6.55. The molecule has 2 nitrogen and oxygen atoms in total. The Morgan fingerprint density at radius 2 is 2.38 bits per heavy atom. The summed E-state index contributed by atoms with van der Waals surface area (Å²) in [5.74, 6) is 0. The normalized spacial score (nSPS) is 8.25. The number of hydrogen-bond donors (Lipinski definition) is 1. The number of hydrogen-bond acceptors (Lipinski definition) is 1. The minimum atomic E-state index is 0. The largest absolute Gasteiger partial charge is 0.347 e. The van der Waals surface area contributed by atoms with Crippen molar-refractivity contribution < 1.29 is 0 Å². The van der Waals surface area contributed by atoms with Crippen molar-refractivity contribution in [3.8, 4) is 0 Å². The summed E-state index contributed by atoms with van der Waals surface area (Å²) in [7, 11) is 0. The van der Waals surface area contributed by atoms with E-state index < -0.39 is 0 Å². The fourth-order valence-electron chi connectivity index (χ4n) is 0.342. The van der Waals surface area contributed by atoms with E-state index in [9.17, 15) is 0 Å². The number of aromatic amines is 1. The van der Waals surface area contributed by atoms with Crippen molar-refractivity contribution in [2.24, 2.45) is 0 Å². The van der Waals surface area contributed by atoms with E-state index in [2.05, 4.69) is 9.97 Å². The van der Waals surface area contributed by atoms with E-state index in [-0.39, 0.29) is 12.4 Å². The third-order valence-corrected chi connectivity index (χ3v) is 1.15. The Morgan fingerprint density at radius 1 is 1.75 bits per heavy atom. The Balaban J connectivity index is 0.000000490. The summed E-state index contributed by atoms with van der Waals surface area (Å²) >= 11 is 5.48. The number of halogens is 2. The molecule has 0 aliphatic rings. The molecule has 1 aromatic heterocycles. The first kappa shape index (κ1) is 7.79. The van der Waals surface area contributed by atoms with Crippen LogP contribution in [0.15, 0.2) is 6.33 Å². The van der Waals surface area contributed by atoms with Gasteiger partial charge in [-0.3, -0.25) is 0 Å². The molecule has 46 valence electrons. The molecule has 0 aromatic carbocycles. The van der Waals surface area contributed by atoms with Gasteiger partial charge in [-0.15, -0.1) is 12.4 Å². The van der Waals surface area contributed by atoms with E-state index in [1.165, 1.54) is 0 Å². The lowest BCUT2D eigenvalue weighted by Crippen LogP contribution is -1.65. The van der Waals surface area contributed by atoms with Crippen molar-refractivity contribution in [1.82, 2.24) is 9.97 Å². The molecule has 0 saturated heterocycles. The van der Waals surface area contributed by atoms with Gasteiger partial charge in [-0.25, -0.2) is 4.98 Å². The number of H-pyrrole nitrogens is 1. The molecule has 0 radical (unpaired) electrons. The van der Waals surface area contributed by atoms with Crippen LogP contribution in [-0.4, -0.2) is 9.97 Å². The van der Waals surface area contributed by atoms with Crippen LogP contribution in [0.4, 0.5) is 0 Å². The van der Waals surface area contributed by atoms with Crippen molar-refractivity contribution in [2.75, 3.05) is 0 Å². The average molecular weight is 153 g/mol. The summed E-state index contributed by atoms with van der Waals surface area (Å²) in [5.41, 5.74) is 0.918. The topological polar surface area (TPSA) is 28.7 Å². The monoisotopic (exact) mass is 152 g/mol. The van der Waals surface area contributed by atoms with Crippen molar-refractivity contribution in [3.05, 3.63) is 17.2 Å². The fourth-order valence-corrected chi connectivity index (χ4v) is 0.445. The molecular weight excluding hydrogens is 147 g/mol. The number of nitrogens with zero attached hydrogens (tertiary/aromatic N) is 1. The molecule has 0 spiro atoms. The molecule has 4 heteroatoms. The third kappa shape index (κ3) is 1.39. The molecular formula is C4H6Cl2N2. The second-order valence-electron chi connectivity index (χ2n) is 1.32. The van der Waals surface area contributed by atoms with Gasteiger partial charge in [0.2, 0.25) is 0 Å². The third-order valence-electron chi connectivity index (χ3n) is 0.768.